The molecule has 2 aromatic heterocycles. The third-order valence-electron chi connectivity index (χ3n) is 9.48. The van der Waals surface area contributed by atoms with Gasteiger partial charge in [0.25, 0.3) is 8.53 Å². The maximum atomic E-state index is 9.35. The first-order chi connectivity index (χ1) is 26.2. The summed E-state index contributed by atoms with van der Waals surface area (Å²) in [6, 6.07) is 30.4. The van der Waals surface area contributed by atoms with Crippen LogP contribution < -0.4 is 9.47 Å². The lowest BCUT2D eigenvalue weighted by Gasteiger charge is -2.39. The molecule has 0 N–H and O–H groups in total. The number of methoxy groups -OCH3 is 2. The van der Waals surface area contributed by atoms with Crippen LogP contribution in [0.3, 0.4) is 0 Å². The van der Waals surface area contributed by atoms with Gasteiger partial charge in [-0.3, -0.25) is 0 Å². The third kappa shape index (κ3) is 8.41. The molecule has 0 aliphatic carbocycles. The number of ether oxygens (including phenoxy) is 4. The van der Waals surface area contributed by atoms with Crippen LogP contribution in [0.25, 0.3) is 11.0 Å². The second kappa shape index (κ2) is 18.0. The summed E-state index contributed by atoms with van der Waals surface area (Å²) in [5.74, 6) is 1.47. The monoisotopic (exact) mass is 771 g/mol. The minimum absolute atomic E-state index is 0.120. The number of fused-ring (bicyclic) bond motifs is 1. The minimum Gasteiger partial charge on any atom is -0.497 e. The largest absolute Gasteiger partial charge is 0.497 e. The van der Waals surface area contributed by atoms with Gasteiger partial charge in [-0.05, 0) is 74.7 Å². The molecule has 0 bridgehead atoms. The highest BCUT2D eigenvalue weighted by Crippen LogP contribution is 2.51. The Morgan fingerprint density at radius 2 is 1.52 bits per heavy atom. The van der Waals surface area contributed by atoms with Crippen molar-refractivity contribution >= 4 is 31.2 Å². The summed E-state index contributed by atoms with van der Waals surface area (Å²) in [5, 5.41) is 10.4. The summed E-state index contributed by atoms with van der Waals surface area (Å²) in [5.41, 5.74) is 2.34. The van der Waals surface area contributed by atoms with E-state index in [0.29, 0.717) is 17.2 Å². The summed E-state index contributed by atoms with van der Waals surface area (Å²) in [4.78, 5) is 8.72. The maximum absolute atomic E-state index is 9.35. The second-order valence-corrected chi connectivity index (χ2v) is 15.3. The zero-order chi connectivity index (χ0) is 38.2. The van der Waals surface area contributed by atoms with Gasteiger partial charge in [0, 0.05) is 24.7 Å². The molecule has 54 heavy (non-hydrogen) atoms. The molecule has 1 aliphatic rings. The molecule has 11 nitrogen and oxygen atoms in total. The Hall–Kier alpha value is -4.11. The van der Waals surface area contributed by atoms with E-state index in [-0.39, 0.29) is 31.7 Å². The smallest absolute Gasteiger partial charge is 0.259 e. The molecule has 1 aliphatic heterocycles. The van der Waals surface area contributed by atoms with E-state index >= 15 is 0 Å². The predicted molar refractivity (Wildman–Crippen MR) is 209 cm³/mol. The van der Waals surface area contributed by atoms with E-state index in [0.717, 1.165) is 33.6 Å². The van der Waals surface area contributed by atoms with Crippen LogP contribution in [0.5, 0.6) is 11.5 Å². The molecular formula is C41H47ClN5O6P. The number of halogens is 1. The Labute approximate surface area is 323 Å². The minimum atomic E-state index is -1.59. The molecule has 0 saturated carbocycles. The molecule has 1 saturated heterocycles. The molecule has 5 aromatic rings. The fraction of sp³-hybridized carbons (Fsp3) is 0.390. The molecule has 4 atom stereocenters. The summed E-state index contributed by atoms with van der Waals surface area (Å²) < 4.78 is 42.9. The van der Waals surface area contributed by atoms with E-state index in [2.05, 4.69) is 60.5 Å². The normalized spacial score (nSPS) is 18.1. The van der Waals surface area contributed by atoms with Gasteiger partial charge < -0.3 is 32.6 Å². The van der Waals surface area contributed by atoms with E-state index < -0.39 is 32.6 Å². The summed E-state index contributed by atoms with van der Waals surface area (Å²) in [7, 11) is 1.72. The Morgan fingerprint density at radius 1 is 0.907 bits per heavy atom. The second-order valence-electron chi connectivity index (χ2n) is 13.5. The van der Waals surface area contributed by atoms with Gasteiger partial charge in [-0.2, -0.15) is 5.26 Å². The molecule has 3 aromatic carbocycles. The lowest BCUT2D eigenvalue weighted by atomic mass is 9.80. The fourth-order valence-electron chi connectivity index (χ4n) is 7.00. The Morgan fingerprint density at radius 3 is 2.09 bits per heavy atom. The Bertz CT molecular complexity index is 1930. The predicted octanol–water partition coefficient (Wildman–Crippen LogP) is 9.06. The molecule has 0 radical (unpaired) electrons. The van der Waals surface area contributed by atoms with Crippen molar-refractivity contribution in [1.82, 2.24) is 19.2 Å². The zero-order valence-electron chi connectivity index (χ0n) is 31.5. The van der Waals surface area contributed by atoms with Gasteiger partial charge in [-0.15, -0.1) is 0 Å². The van der Waals surface area contributed by atoms with Gasteiger partial charge in [0.05, 0.1) is 51.4 Å². The average molecular weight is 772 g/mol. The molecule has 1 fully saturated rings. The lowest BCUT2D eigenvalue weighted by molar-refractivity contribution is -0.0911. The highest BCUT2D eigenvalue weighted by atomic mass is 35.5. The van der Waals surface area contributed by atoms with Crippen molar-refractivity contribution in [3.8, 4) is 17.6 Å². The summed E-state index contributed by atoms with van der Waals surface area (Å²) >= 11 is 6.46. The summed E-state index contributed by atoms with van der Waals surface area (Å²) in [6.45, 7) is 8.87. The van der Waals surface area contributed by atoms with E-state index in [9.17, 15) is 5.26 Å². The standard InChI is InChI=1S/C41H47ClN5O6P/c1-28(2)47(29(3)4)54(51-24-10-22-43)53-36-25-38(46-23-21-35-39(42)44-27-45-40(35)46)52-37(36)26-50-41(30-11-8-7-9-12-30,31-13-17-33(48-5)18-14-31)32-15-19-34(49-6)20-16-32/h7-9,11-21,23,27-29,36-38H,10,24-26H2,1-6H3/t36-,37?,38?,54?/m0/s1. The van der Waals surface area contributed by atoms with Gasteiger partial charge in [-0.1, -0.05) is 66.2 Å². The highest BCUT2D eigenvalue weighted by Gasteiger charge is 2.45. The van der Waals surface area contributed by atoms with Crippen molar-refractivity contribution in [2.24, 2.45) is 0 Å². The number of hydrogen-bond acceptors (Lipinski definition) is 10. The molecule has 6 rings (SSSR count). The van der Waals surface area contributed by atoms with E-state index in [1.807, 2.05) is 83.6 Å². The number of aromatic nitrogens is 3. The molecule has 0 amide bonds. The van der Waals surface area contributed by atoms with Crippen LogP contribution in [0.2, 0.25) is 5.15 Å². The summed E-state index contributed by atoms with van der Waals surface area (Å²) in [6.07, 6.45) is 2.64. The van der Waals surface area contributed by atoms with Gasteiger partial charge in [0.15, 0.2) is 0 Å². The van der Waals surface area contributed by atoms with Crippen molar-refractivity contribution in [3.63, 3.8) is 0 Å². The van der Waals surface area contributed by atoms with Crippen molar-refractivity contribution in [1.29, 1.82) is 5.26 Å². The van der Waals surface area contributed by atoms with Crippen molar-refractivity contribution in [2.75, 3.05) is 27.4 Å². The van der Waals surface area contributed by atoms with Crippen LogP contribution >= 0.6 is 20.1 Å². The molecule has 284 valence electrons. The average Bonchev–Trinajstić information content (AvgIpc) is 3.80. The van der Waals surface area contributed by atoms with E-state index in [4.69, 9.17) is 39.6 Å². The first-order valence-electron chi connectivity index (χ1n) is 18.1. The van der Waals surface area contributed by atoms with Crippen molar-refractivity contribution < 1.29 is 28.0 Å². The van der Waals surface area contributed by atoms with Crippen LogP contribution in [0, 0.1) is 11.3 Å². The molecule has 3 unspecified atom stereocenters. The Kier molecular flexibility index (Phi) is 13.2. The van der Waals surface area contributed by atoms with E-state index in [1.54, 1.807) is 14.2 Å². The molecule has 13 heteroatoms. The topological polar surface area (TPSA) is 113 Å². The van der Waals surface area contributed by atoms with Crippen molar-refractivity contribution in [3.05, 3.63) is 119 Å². The van der Waals surface area contributed by atoms with Crippen LogP contribution in [-0.4, -0.2) is 70.9 Å². The highest BCUT2D eigenvalue weighted by molar-refractivity contribution is 7.44. The van der Waals surface area contributed by atoms with Gasteiger partial charge in [0.2, 0.25) is 0 Å². The number of nitrogens with zero attached hydrogens (tertiary/aromatic N) is 5. The van der Waals surface area contributed by atoms with Crippen molar-refractivity contribution in [2.45, 2.75) is 76.7 Å². The molecule has 0 spiro atoms. The quantitative estimate of drug-likeness (QED) is 0.0393. The lowest BCUT2D eigenvalue weighted by Crippen LogP contribution is -2.39. The van der Waals surface area contributed by atoms with Gasteiger partial charge in [-0.25, -0.2) is 14.6 Å². The van der Waals surface area contributed by atoms with Crippen LogP contribution in [-0.2, 0) is 24.1 Å². The van der Waals surface area contributed by atoms with Crippen LogP contribution in [0.15, 0.2) is 97.5 Å². The fourth-order valence-corrected chi connectivity index (χ4v) is 8.95. The van der Waals surface area contributed by atoms with Gasteiger partial charge >= 0.3 is 0 Å². The van der Waals surface area contributed by atoms with Crippen LogP contribution in [0.1, 0.15) is 63.5 Å². The SMILES string of the molecule is COc1ccc(C(OCC2OC(n3ccc4c(Cl)ncnc43)C[C@@H]2OP(OCCC#N)N(C(C)C)C(C)C)(c2ccccc2)c2ccc(OC)cc2)cc1. The first kappa shape index (κ1) is 39.6. The molecular weight excluding hydrogens is 725 g/mol. The maximum Gasteiger partial charge on any atom is 0.259 e. The third-order valence-corrected chi connectivity index (χ3v) is 11.9. The number of rotatable bonds is 17. The number of benzene rings is 3. The number of nitriles is 1. The van der Waals surface area contributed by atoms with E-state index in [1.165, 1.54) is 6.33 Å². The zero-order valence-corrected chi connectivity index (χ0v) is 33.1. The number of hydrogen-bond donors (Lipinski definition) is 0. The first-order valence-corrected chi connectivity index (χ1v) is 19.6. The molecule has 3 heterocycles. The Balaban J connectivity index is 1.43. The van der Waals surface area contributed by atoms with Gasteiger partial charge in [0.1, 0.15) is 46.6 Å². The van der Waals surface area contributed by atoms with Crippen LogP contribution in [0.4, 0.5) is 0 Å².